The molecule has 0 aromatic heterocycles. The summed E-state index contributed by atoms with van der Waals surface area (Å²) >= 11 is 2.85. The van der Waals surface area contributed by atoms with Gasteiger partial charge >= 0.3 is 6.18 Å². The van der Waals surface area contributed by atoms with Crippen LogP contribution in [0.5, 0.6) is 0 Å². The zero-order valence-electron chi connectivity index (χ0n) is 12.1. The monoisotopic (exact) mass is 397 g/mol. The molecule has 0 saturated heterocycles. The number of nitrogens with zero attached hydrogens (tertiary/aromatic N) is 1. The third-order valence-corrected chi connectivity index (χ3v) is 3.74. The first-order valence-electron chi connectivity index (χ1n) is 6.71. The number of para-hydroxylation sites is 1. The van der Waals surface area contributed by atoms with Crippen molar-refractivity contribution < 1.29 is 18.0 Å². The summed E-state index contributed by atoms with van der Waals surface area (Å²) < 4.78 is 38.4. The van der Waals surface area contributed by atoms with Gasteiger partial charge in [-0.15, -0.1) is 0 Å². The molecular weight excluding hydrogens is 387 g/mol. The molecule has 24 heavy (non-hydrogen) atoms. The van der Waals surface area contributed by atoms with Gasteiger partial charge in [-0.05, 0) is 30.3 Å². The Kier molecular flexibility index (Phi) is 5.46. The summed E-state index contributed by atoms with van der Waals surface area (Å²) in [5.41, 5.74) is -0.0237. The van der Waals surface area contributed by atoms with E-state index in [1.165, 1.54) is 12.1 Å². The van der Waals surface area contributed by atoms with E-state index in [-0.39, 0.29) is 16.7 Å². The summed E-state index contributed by atoms with van der Waals surface area (Å²) in [6.45, 7) is -0.237. The van der Waals surface area contributed by atoms with Crippen molar-refractivity contribution in [2.24, 2.45) is 0 Å². The highest BCUT2D eigenvalue weighted by atomic mass is 79.9. The standard InChI is InChI=1S/C16H11BrF3N3O/c17-13-6-5-11(7-12(13)16(18,19)20)22-9-15(24)23-14-4-2-1-3-10(14)8-21/h1-7,22H,9H2,(H,23,24). The molecule has 0 heterocycles. The van der Waals surface area contributed by atoms with Crippen LogP contribution in [0.3, 0.4) is 0 Å². The lowest BCUT2D eigenvalue weighted by Crippen LogP contribution is -2.22. The number of carbonyl (C=O) groups is 1. The normalized spacial score (nSPS) is 10.8. The molecule has 0 bridgehead atoms. The first-order valence-corrected chi connectivity index (χ1v) is 7.50. The van der Waals surface area contributed by atoms with Gasteiger partial charge in [-0.2, -0.15) is 18.4 Å². The minimum absolute atomic E-state index is 0.0760. The Morgan fingerprint density at radius 2 is 1.92 bits per heavy atom. The van der Waals surface area contributed by atoms with Gasteiger partial charge in [-0.3, -0.25) is 4.79 Å². The fourth-order valence-corrected chi connectivity index (χ4v) is 2.39. The van der Waals surface area contributed by atoms with Crippen LogP contribution in [-0.4, -0.2) is 12.5 Å². The molecule has 2 N–H and O–H groups in total. The van der Waals surface area contributed by atoms with Crippen molar-refractivity contribution in [1.82, 2.24) is 0 Å². The largest absolute Gasteiger partial charge is 0.417 e. The number of anilines is 2. The molecule has 2 aromatic carbocycles. The zero-order chi connectivity index (χ0) is 17.7. The van der Waals surface area contributed by atoms with E-state index in [2.05, 4.69) is 26.6 Å². The van der Waals surface area contributed by atoms with Crippen LogP contribution >= 0.6 is 15.9 Å². The number of benzene rings is 2. The summed E-state index contributed by atoms with van der Waals surface area (Å²) in [4.78, 5) is 11.9. The van der Waals surface area contributed by atoms with E-state index in [0.717, 1.165) is 6.07 Å². The first-order chi connectivity index (χ1) is 11.3. The lowest BCUT2D eigenvalue weighted by atomic mass is 10.2. The lowest BCUT2D eigenvalue weighted by Gasteiger charge is -2.13. The van der Waals surface area contributed by atoms with Crippen molar-refractivity contribution in [3.05, 3.63) is 58.1 Å². The topological polar surface area (TPSA) is 64.9 Å². The zero-order valence-corrected chi connectivity index (χ0v) is 13.7. The molecule has 0 radical (unpaired) electrons. The Hall–Kier alpha value is -2.53. The number of hydrogen-bond acceptors (Lipinski definition) is 3. The number of nitrogens with one attached hydrogen (secondary N) is 2. The van der Waals surface area contributed by atoms with E-state index >= 15 is 0 Å². The second kappa shape index (κ2) is 7.36. The van der Waals surface area contributed by atoms with Crippen LogP contribution in [0.4, 0.5) is 24.5 Å². The van der Waals surface area contributed by atoms with Crippen molar-refractivity contribution in [2.75, 3.05) is 17.2 Å². The van der Waals surface area contributed by atoms with Crippen LogP contribution in [0.1, 0.15) is 11.1 Å². The Morgan fingerprint density at radius 1 is 1.21 bits per heavy atom. The Morgan fingerprint density at radius 3 is 2.58 bits per heavy atom. The summed E-state index contributed by atoms with van der Waals surface area (Å²) in [6, 6.07) is 12.0. The minimum Gasteiger partial charge on any atom is -0.376 e. The van der Waals surface area contributed by atoms with E-state index < -0.39 is 17.6 Å². The fraction of sp³-hybridized carbons (Fsp3) is 0.125. The highest BCUT2D eigenvalue weighted by Crippen LogP contribution is 2.36. The van der Waals surface area contributed by atoms with E-state index in [1.807, 2.05) is 6.07 Å². The molecule has 0 saturated carbocycles. The quantitative estimate of drug-likeness (QED) is 0.803. The molecule has 0 atom stereocenters. The van der Waals surface area contributed by atoms with Crippen LogP contribution in [0.25, 0.3) is 0 Å². The second-order valence-electron chi connectivity index (χ2n) is 4.75. The molecule has 0 unspecified atom stereocenters. The average molecular weight is 398 g/mol. The van der Waals surface area contributed by atoms with Crippen molar-refractivity contribution in [2.45, 2.75) is 6.18 Å². The Bertz CT molecular complexity index is 800. The van der Waals surface area contributed by atoms with Crippen LogP contribution in [0.2, 0.25) is 0 Å². The number of rotatable bonds is 4. The molecule has 2 aromatic rings. The van der Waals surface area contributed by atoms with Gasteiger partial charge in [-0.1, -0.05) is 28.1 Å². The van der Waals surface area contributed by atoms with Gasteiger partial charge in [0.1, 0.15) is 6.07 Å². The van der Waals surface area contributed by atoms with Crippen LogP contribution in [0, 0.1) is 11.3 Å². The molecule has 1 amide bonds. The second-order valence-corrected chi connectivity index (χ2v) is 5.61. The number of carbonyl (C=O) groups excluding carboxylic acids is 1. The molecule has 0 spiro atoms. The molecule has 4 nitrogen and oxygen atoms in total. The van der Waals surface area contributed by atoms with Gasteiger partial charge in [0, 0.05) is 10.2 Å². The highest BCUT2D eigenvalue weighted by molar-refractivity contribution is 9.10. The third kappa shape index (κ3) is 4.49. The van der Waals surface area contributed by atoms with E-state index in [9.17, 15) is 18.0 Å². The maximum absolute atomic E-state index is 12.8. The van der Waals surface area contributed by atoms with Crippen molar-refractivity contribution in [3.8, 4) is 6.07 Å². The van der Waals surface area contributed by atoms with Crippen molar-refractivity contribution >= 4 is 33.2 Å². The third-order valence-electron chi connectivity index (χ3n) is 3.05. The Labute approximate surface area is 144 Å². The van der Waals surface area contributed by atoms with Crippen LogP contribution in [0.15, 0.2) is 46.9 Å². The van der Waals surface area contributed by atoms with Crippen LogP contribution < -0.4 is 10.6 Å². The number of alkyl halides is 3. The summed E-state index contributed by atoms with van der Waals surface area (Å²) in [5.74, 6) is -0.478. The fourth-order valence-electron chi connectivity index (χ4n) is 1.92. The van der Waals surface area contributed by atoms with Crippen molar-refractivity contribution in [1.29, 1.82) is 5.26 Å². The molecule has 0 aliphatic rings. The van der Waals surface area contributed by atoms with Gasteiger partial charge in [0.2, 0.25) is 5.91 Å². The predicted octanol–water partition coefficient (Wildman–Crippen LogP) is 4.39. The summed E-state index contributed by atoms with van der Waals surface area (Å²) in [5, 5.41) is 14.1. The lowest BCUT2D eigenvalue weighted by molar-refractivity contribution is -0.138. The Balaban J connectivity index is 2.03. The van der Waals surface area contributed by atoms with Crippen molar-refractivity contribution in [3.63, 3.8) is 0 Å². The number of hydrogen-bond donors (Lipinski definition) is 2. The number of nitriles is 1. The molecule has 124 valence electrons. The van der Waals surface area contributed by atoms with E-state index in [1.54, 1.807) is 24.3 Å². The number of halogens is 4. The van der Waals surface area contributed by atoms with E-state index in [0.29, 0.717) is 11.3 Å². The molecule has 0 aliphatic heterocycles. The molecular formula is C16H11BrF3N3O. The maximum atomic E-state index is 12.8. The van der Waals surface area contributed by atoms with E-state index in [4.69, 9.17) is 5.26 Å². The molecule has 8 heteroatoms. The van der Waals surface area contributed by atoms with Gasteiger partial charge in [0.15, 0.2) is 0 Å². The minimum atomic E-state index is -4.50. The average Bonchev–Trinajstić information content (AvgIpc) is 2.53. The SMILES string of the molecule is N#Cc1ccccc1NC(=O)CNc1ccc(Br)c(C(F)(F)F)c1. The first kappa shape index (κ1) is 17.8. The summed E-state index contributed by atoms with van der Waals surface area (Å²) in [6.07, 6.45) is -4.50. The summed E-state index contributed by atoms with van der Waals surface area (Å²) in [7, 11) is 0. The van der Waals surface area contributed by atoms with Crippen LogP contribution in [-0.2, 0) is 11.0 Å². The smallest absolute Gasteiger partial charge is 0.376 e. The van der Waals surface area contributed by atoms with Gasteiger partial charge in [0.25, 0.3) is 0 Å². The molecule has 0 fully saturated rings. The molecule has 0 aliphatic carbocycles. The number of amides is 1. The predicted molar refractivity (Wildman–Crippen MR) is 87.4 cm³/mol. The van der Waals surface area contributed by atoms with Gasteiger partial charge in [-0.25, -0.2) is 0 Å². The van der Waals surface area contributed by atoms with Gasteiger partial charge < -0.3 is 10.6 Å². The van der Waals surface area contributed by atoms with Gasteiger partial charge in [0.05, 0.1) is 23.4 Å². The highest BCUT2D eigenvalue weighted by Gasteiger charge is 2.33. The maximum Gasteiger partial charge on any atom is 0.417 e. The molecule has 2 rings (SSSR count).